The average molecular weight is 315 g/mol. The molecule has 0 saturated carbocycles. The minimum atomic E-state index is -4.48. The van der Waals surface area contributed by atoms with E-state index < -0.39 is 24.6 Å². The standard InChI is InChI=1S/C9H7BrF4N2O/c10-6-2-1-5(3-7(6)11)16-8(17)15-4-9(12,13)14/h1-3H,4H2,(H2,15,16,17). The molecule has 2 N–H and O–H groups in total. The number of carbonyl (C=O) groups is 1. The minimum Gasteiger partial charge on any atom is -0.329 e. The van der Waals surface area contributed by atoms with Crippen molar-refractivity contribution in [2.75, 3.05) is 11.9 Å². The molecule has 1 rings (SSSR count). The normalized spacial score (nSPS) is 11.1. The van der Waals surface area contributed by atoms with Gasteiger partial charge in [-0.05, 0) is 34.1 Å². The summed E-state index contributed by atoms with van der Waals surface area (Å²) in [4.78, 5) is 11.0. The summed E-state index contributed by atoms with van der Waals surface area (Å²) < 4.78 is 48.5. The van der Waals surface area contributed by atoms with E-state index in [0.29, 0.717) is 0 Å². The van der Waals surface area contributed by atoms with Gasteiger partial charge in [0.25, 0.3) is 0 Å². The third kappa shape index (κ3) is 5.03. The topological polar surface area (TPSA) is 41.1 Å². The Hall–Kier alpha value is -1.31. The zero-order valence-electron chi connectivity index (χ0n) is 8.24. The van der Waals surface area contributed by atoms with Crippen LogP contribution in [-0.4, -0.2) is 18.8 Å². The van der Waals surface area contributed by atoms with Crippen molar-refractivity contribution < 1.29 is 22.4 Å². The second kappa shape index (κ2) is 5.35. The molecule has 0 fully saturated rings. The van der Waals surface area contributed by atoms with Crippen LogP contribution in [0.25, 0.3) is 0 Å². The van der Waals surface area contributed by atoms with Crippen molar-refractivity contribution >= 4 is 27.6 Å². The van der Waals surface area contributed by atoms with Gasteiger partial charge in [0.05, 0.1) is 4.47 Å². The molecule has 1 aromatic rings. The number of urea groups is 1. The Morgan fingerprint density at radius 1 is 1.35 bits per heavy atom. The zero-order chi connectivity index (χ0) is 13.1. The largest absolute Gasteiger partial charge is 0.405 e. The third-order valence-electron chi connectivity index (χ3n) is 1.63. The number of alkyl halides is 3. The van der Waals surface area contributed by atoms with Crippen molar-refractivity contribution in [1.82, 2.24) is 5.32 Å². The number of benzene rings is 1. The molecule has 0 bridgehead atoms. The molecule has 1 aromatic carbocycles. The molecule has 3 nitrogen and oxygen atoms in total. The zero-order valence-corrected chi connectivity index (χ0v) is 9.82. The van der Waals surface area contributed by atoms with E-state index in [9.17, 15) is 22.4 Å². The summed E-state index contributed by atoms with van der Waals surface area (Å²) >= 11 is 2.90. The van der Waals surface area contributed by atoms with Crippen LogP contribution < -0.4 is 10.6 Å². The Bertz CT molecular complexity index is 422. The van der Waals surface area contributed by atoms with E-state index in [1.165, 1.54) is 12.1 Å². The molecule has 0 spiro atoms. The van der Waals surface area contributed by atoms with Gasteiger partial charge in [0, 0.05) is 5.69 Å². The molecule has 0 aliphatic rings. The lowest BCUT2D eigenvalue weighted by Crippen LogP contribution is -2.36. The maximum atomic E-state index is 13.0. The van der Waals surface area contributed by atoms with Crippen LogP contribution in [0.3, 0.4) is 0 Å². The summed E-state index contributed by atoms with van der Waals surface area (Å²) in [5, 5.41) is 3.67. The Morgan fingerprint density at radius 2 is 2.00 bits per heavy atom. The molecule has 0 aliphatic carbocycles. The molecule has 0 aliphatic heterocycles. The fraction of sp³-hybridized carbons (Fsp3) is 0.222. The van der Waals surface area contributed by atoms with Crippen molar-refractivity contribution in [2.45, 2.75) is 6.18 Å². The van der Waals surface area contributed by atoms with Crippen molar-refractivity contribution in [3.8, 4) is 0 Å². The highest BCUT2D eigenvalue weighted by molar-refractivity contribution is 9.10. The molecule has 0 aromatic heterocycles. The molecule has 0 unspecified atom stereocenters. The summed E-state index contributed by atoms with van der Waals surface area (Å²) in [7, 11) is 0. The lowest BCUT2D eigenvalue weighted by atomic mass is 10.3. The van der Waals surface area contributed by atoms with Crippen LogP contribution in [0.4, 0.5) is 28.0 Å². The SMILES string of the molecule is O=C(NCC(F)(F)F)Nc1ccc(Br)c(F)c1. The molecule has 94 valence electrons. The van der Waals surface area contributed by atoms with Gasteiger partial charge < -0.3 is 10.6 Å². The Morgan fingerprint density at radius 3 is 2.53 bits per heavy atom. The van der Waals surface area contributed by atoms with Gasteiger partial charge in [0.2, 0.25) is 0 Å². The van der Waals surface area contributed by atoms with Crippen molar-refractivity contribution in [3.05, 3.63) is 28.5 Å². The van der Waals surface area contributed by atoms with Gasteiger partial charge in [-0.15, -0.1) is 0 Å². The third-order valence-corrected chi connectivity index (χ3v) is 2.27. The quantitative estimate of drug-likeness (QED) is 0.808. The predicted molar refractivity (Wildman–Crippen MR) is 57.2 cm³/mol. The van der Waals surface area contributed by atoms with Gasteiger partial charge in [0.1, 0.15) is 12.4 Å². The highest BCUT2D eigenvalue weighted by Gasteiger charge is 2.27. The number of hydrogen-bond donors (Lipinski definition) is 2. The van der Waals surface area contributed by atoms with E-state index in [1.54, 1.807) is 5.32 Å². The molecular formula is C9H7BrF4N2O. The van der Waals surface area contributed by atoms with Crippen LogP contribution in [0.1, 0.15) is 0 Å². The van der Waals surface area contributed by atoms with E-state index in [4.69, 9.17) is 0 Å². The van der Waals surface area contributed by atoms with Crippen molar-refractivity contribution in [3.63, 3.8) is 0 Å². The van der Waals surface area contributed by atoms with Crippen LogP contribution in [0, 0.1) is 5.82 Å². The lowest BCUT2D eigenvalue weighted by molar-refractivity contribution is -0.122. The van der Waals surface area contributed by atoms with Gasteiger partial charge in [-0.1, -0.05) is 0 Å². The van der Waals surface area contributed by atoms with Crippen LogP contribution in [0.15, 0.2) is 22.7 Å². The monoisotopic (exact) mass is 314 g/mol. The van der Waals surface area contributed by atoms with Crippen molar-refractivity contribution in [1.29, 1.82) is 0 Å². The number of hydrogen-bond acceptors (Lipinski definition) is 1. The first kappa shape index (κ1) is 13.8. The fourth-order valence-electron chi connectivity index (χ4n) is 0.930. The number of carbonyl (C=O) groups excluding carboxylic acids is 1. The van der Waals surface area contributed by atoms with Gasteiger partial charge in [-0.3, -0.25) is 0 Å². The number of halogens is 5. The molecular weight excluding hydrogens is 308 g/mol. The van der Waals surface area contributed by atoms with E-state index in [0.717, 1.165) is 6.07 Å². The highest BCUT2D eigenvalue weighted by Crippen LogP contribution is 2.19. The molecule has 0 saturated heterocycles. The molecule has 8 heteroatoms. The smallest absolute Gasteiger partial charge is 0.329 e. The van der Waals surface area contributed by atoms with Gasteiger partial charge in [-0.2, -0.15) is 13.2 Å². The van der Waals surface area contributed by atoms with E-state index >= 15 is 0 Å². The fourth-order valence-corrected chi connectivity index (χ4v) is 1.18. The van der Waals surface area contributed by atoms with Gasteiger partial charge in [0.15, 0.2) is 0 Å². The first-order chi connectivity index (χ1) is 7.78. The molecule has 0 heterocycles. The van der Waals surface area contributed by atoms with Crippen LogP contribution in [0.5, 0.6) is 0 Å². The number of anilines is 1. The van der Waals surface area contributed by atoms with Gasteiger partial charge >= 0.3 is 12.2 Å². The molecule has 0 radical (unpaired) electrons. The first-order valence-corrected chi connectivity index (χ1v) is 5.14. The van der Waals surface area contributed by atoms with E-state index in [2.05, 4.69) is 21.2 Å². The maximum absolute atomic E-state index is 13.0. The Balaban J connectivity index is 2.54. The molecule has 2 amide bonds. The minimum absolute atomic E-state index is 0.0605. The average Bonchev–Trinajstić information content (AvgIpc) is 2.20. The number of nitrogens with one attached hydrogen (secondary N) is 2. The first-order valence-electron chi connectivity index (χ1n) is 4.34. The van der Waals surface area contributed by atoms with Gasteiger partial charge in [-0.25, -0.2) is 9.18 Å². The molecule has 17 heavy (non-hydrogen) atoms. The predicted octanol–water partition coefficient (Wildman–Crippen LogP) is 3.27. The lowest BCUT2D eigenvalue weighted by Gasteiger charge is -2.09. The van der Waals surface area contributed by atoms with Crippen LogP contribution in [-0.2, 0) is 0 Å². The summed E-state index contributed by atoms with van der Waals surface area (Å²) in [6.45, 7) is -1.45. The summed E-state index contributed by atoms with van der Waals surface area (Å²) in [6, 6.07) is 2.61. The number of amides is 2. The Kier molecular flexibility index (Phi) is 4.33. The second-order valence-corrected chi connectivity index (χ2v) is 3.91. The van der Waals surface area contributed by atoms with E-state index in [-0.39, 0.29) is 10.2 Å². The summed E-state index contributed by atoms with van der Waals surface area (Å²) in [6.07, 6.45) is -4.48. The van der Waals surface area contributed by atoms with Crippen molar-refractivity contribution in [2.24, 2.45) is 0 Å². The van der Waals surface area contributed by atoms with Crippen LogP contribution in [0.2, 0.25) is 0 Å². The highest BCUT2D eigenvalue weighted by atomic mass is 79.9. The maximum Gasteiger partial charge on any atom is 0.405 e. The molecule has 0 atom stereocenters. The van der Waals surface area contributed by atoms with Crippen LogP contribution >= 0.6 is 15.9 Å². The number of rotatable bonds is 2. The Labute approximate surface area is 102 Å². The summed E-state index contributed by atoms with van der Waals surface area (Å²) in [5.41, 5.74) is 0.0605. The second-order valence-electron chi connectivity index (χ2n) is 3.05. The summed E-state index contributed by atoms with van der Waals surface area (Å²) in [5.74, 6) is -0.626. The van der Waals surface area contributed by atoms with E-state index in [1.807, 2.05) is 0 Å².